The van der Waals surface area contributed by atoms with Crippen LogP contribution in [-0.2, 0) is 23.8 Å². The molecule has 0 saturated carbocycles. The van der Waals surface area contributed by atoms with Crippen LogP contribution < -0.4 is 0 Å². The second-order valence-corrected chi connectivity index (χ2v) is 14.2. The normalized spacial score (nSPS) is 13.7. The van der Waals surface area contributed by atoms with E-state index in [2.05, 4.69) is 173 Å². The number of carbonyl (C=O) groups excluding carboxylic acids is 2. The summed E-state index contributed by atoms with van der Waals surface area (Å²) in [5.74, 6) is -0.608. The number of esters is 2. The zero-order valence-electron chi connectivity index (χ0n) is 37.9. The summed E-state index contributed by atoms with van der Waals surface area (Å²) in [7, 11) is 0. The highest BCUT2D eigenvalue weighted by atomic mass is 16.6. The molecule has 0 aromatic carbocycles. The van der Waals surface area contributed by atoms with Crippen LogP contribution in [0, 0.1) is 0 Å². The maximum absolute atomic E-state index is 12.7. The van der Waals surface area contributed by atoms with Crippen molar-refractivity contribution in [2.24, 2.45) is 0 Å². The number of hydrogen-bond donors (Lipinski definition) is 0. The molecule has 0 fully saturated rings. The molecule has 0 N–H and O–H groups in total. The van der Waals surface area contributed by atoms with Gasteiger partial charge in [-0.25, -0.2) is 0 Å². The number of hydrogen-bond acceptors (Lipinski definition) is 5. The summed E-state index contributed by atoms with van der Waals surface area (Å²) in [6.45, 7) is 7.16. The highest BCUT2D eigenvalue weighted by Crippen LogP contribution is 2.07. The van der Waals surface area contributed by atoms with Crippen molar-refractivity contribution in [3.05, 3.63) is 158 Å². The second-order valence-electron chi connectivity index (χ2n) is 14.2. The number of unbranched alkanes of at least 4 members (excludes halogenated alkanes) is 2. The molecule has 0 aliphatic carbocycles. The van der Waals surface area contributed by atoms with Crippen LogP contribution in [-0.4, -0.2) is 37.9 Å². The summed E-state index contributed by atoms with van der Waals surface area (Å²) in [6, 6.07) is 0. The van der Waals surface area contributed by atoms with Crippen LogP contribution in [0.1, 0.15) is 149 Å². The molecular formula is C55H82O5. The molecule has 0 aromatic rings. The van der Waals surface area contributed by atoms with Gasteiger partial charge in [0.2, 0.25) is 0 Å². The van der Waals surface area contributed by atoms with Gasteiger partial charge in [-0.15, -0.1) is 0 Å². The molecule has 0 bridgehead atoms. The van der Waals surface area contributed by atoms with Crippen molar-refractivity contribution >= 4 is 11.9 Å². The van der Waals surface area contributed by atoms with Crippen LogP contribution in [0.3, 0.4) is 0 Å². The number of rotatable bonds is 39. The predicted molar refractivity (Wildman–Crippen MR) is 260 cm³/mol. The number of allylic oxidation sites excluding steroid dienone is 26. The third-order valence-electron chi connectivity index (χ3n) is 8.55. The van der Waals surface area contributed by atoms with Crippen molar-refractivity contribution in [2.45, 2.75) is 155 Å². The van der Waals surface area contributed by atoms with Crippen LogP contribution >= 0.6 is 0 Å². The Morgan fingerprint density at radius 3 is 1.08 bits per heavy atom. The van der Waals surface area contributed by atoms with E-state index in [0.29, 0.717) is 25.9 Å². The summed E-state index contributed by atoms with van der Waals surface area (Å²) in [6.07, 6.45) is 72.8. The molecule has 1 atom stereocenters. The Hall–Kier alpha value is -4.48. The molecule has 5 nitrogen and oxygen atoms in total. The van der Waals surface area contributed by atoms with Gasteiger partial charge in [-0.2, -0.15) is 0 Å². The van der Waals surface area contributed by atoms with Crippen molar-refractivity contribution in [1.82, 2.24) is 0 Å². The maximum atomic E-state index is 12.7. The number of ether oxygens (including phenoxy) is 3. The van der Waals surface area contributed by atoms with E-state index in [1.165, 1.54) is 0 Å². The Morgan fingerprint density at radius 2 is 0.700 bits per heavy atom. The van der Waals surface area contributed by atoms with E-state index in [-0.39, 0.29) is 31.6 Å². The van der Waals surface area contributed by atoms with Gasteiger partial charge in [0, 0.05) is 19.4 Å². The fourth-order valence-electron chi connectivity index (χ4n) is 5.27. The van der Waals surface area contributed by atoms with Crippen LogP contribution in [0.2, 0.25) is 0 Å². The van der Waals surface area contributed by atoms with Crippen LogP contribution in [0.25, 0.3) is 0 Å². The summed E-state index contributed by atoms with van der Waals surface area (Å²) in [4.78, 5) is 25.2. The third-order valence-corrected chi connectivity index (χ3v) is 8.55. The molecule has 0 heterocycles. The van der Waals surface area contributed by atoms with Crippen molar-refractivity contribution in [1.29, 1.82) is 0 Å². The van der Waals surface area contributed by atoms with Gasteiger partial charge < -0.3 is 14.2 Å². The smallest absolute Gasteiger partial charge is 0.306 e. The SMILES string of the molecule is CC/C=C\C/C=C\C/C=C\C/C=C\C/C=C\CCCC(=O)OCC(COCCC/C=C\C/C=C\C/C=C\C/C=C\CC)OC(=O)CC/C=C\C/C=C\C/C=C\C/C=C\CC. The summed E-state index contributed by atoms with van der Waals surface area (Å²) in [5.41, 5.74) is 0. The van der Waals surface area contributed by atoms with Gasteiger partial charge in [0.1, 0.15) is 6.61 Å². The lowest BCUT2D eigenvalue weighted by molar-refractivity contribution is -0.162. The fourth-order valence-corrected chi connectivity index (χ4v) is 5.27. The van der Waals surface area contributed by atoms with E-state index >= 15 is 0 Å². The van der Waals surface area contributed by atoms with Crippen LogP contribution in [0.15, 0.2) is 158 Å². The Labute approximate surface area is 367 Å². The molecule has 60 heavy (non-hydrogen) atoms. The molecular weight excluding hydrogens is 741 g/mol. The summed E-state index contributed by atoms with van der Waals surface area (Å²) < 4.78 is 17.1. The highest BCUT2D eigenvalue weighted by Gasteiger charge is 2.17. The second kappa shape index (κ2) is 48.9. The van der Waals surface area contributed by atoms with Gasteiger partial charge in [0.05, 0.1) is 6.61 Å². The van der Waals surface area contributed by atoms with Gasteiger partial charge >= 0.3 is 11.9 Å². The van der Waals surface area contributed by atoms with E-state index < -0.39 is 6.10 Å². The standard InChI is InChI=1S/C55H82O5/c1-4-7-10-13-16-19-22-25-27-28-29-31-33-36-39-42-45-48-54(56)59-52-53(51-58-50-47-44-41-38-35-32-26-23-20-17-14-11-8-5-2)60-55(57)49-46-43-40-37-34-30-24-21-18-15-12-9-6-3/h7-12,16-21,25-27,29-32,34,36,38-41,43,53H,4-6,13-15,22-24,28,33,35,37,42,44-52H2,1-3H3/b10-7-,11-8-,12-9-,19-16-,20-17-,21-18-,27-25-,31-29-,32-26-,34-30-,39-36-,41-38-,43-40-. The Balaban J connectivity index is 4.58. The zero-order valence-corrected chi connectivity index (χ0v) is 37.9. The summed E-state index contributed by atoms with van der Waals surface area (Å²) >= 11 is 0. The third kappa shape index (κ3) is 46.2. The van der Waals surface area contributed by atoms with Crippen molar-refractivity contribution in [2.75, 3.05) is 19.8 Å². The Kier molecular flexibility index (Phi) is 45.2. The maximum Gasteiger partial charge on any atom is 0.306 e. The van der Waals surface area contributed by atoms with Crippen LogP contribution in [0.5, 0.6) is 0 Å². The van der Waals surface area contributed by atoms with E-state index in [4.69, 9.17) is 14.2 Å². The van der Waals surface area contributed by atoms with Crippen molar-refractivity contribution in [3.63, 3.8) is 0 Å². The molecule has 0 rings (SSSR count). The first-order chi connectivity index (χ1) is 29.6. The summed E-state index contributed by atoms with van der Waals surface area (Å²) in [5, 5.41) is 0. The lowest BCUT2D eigenvalue weighted by atomic mass is 10.2. The van der Waals surface area contributed by atoms with Gasteiger partial charge in [0.25, 0.3) is 0 Å². The molecule has 1 unspecified atom stereocenters. The van der Waals surface area contributed by atoms with Crippen molar-refractivity contribution in [3.8, 4) is 0 Å². The molecule has 0 aliphatic rings. The first-order valence-electron chi connectivity index (χ1n) is 23.0. The Morgan fingerprint density at radius 1 is 0.367 bits per heavy atom. The van der Waals surface area contributed by atoms with Crippen molar-refractivity contribution < 1.29 is 23.8 Å². The zero-order chi connectivity index (χ0) is 43.5. The lowest BCUT2D eigenvalue weighted by Gasteiger charge is -2.18. The molecule has 0 saturated heterocycles. The van der Waals surface area contributed by atoms with Gasteiger partial charge in [0.15, 0.2) is 6.10 Å². The topological polar surface area (TPSA) is 61.8 Å². The fraction of sp³-hybridized carbons (Fsp3) is 0.491. The quantitative estimate of drug-likeness (QED) is 0.0351. The minimum atomic E-state index is -0.637. The van der Waals surface area contributed by atoms with E-state index in [0.717, 1.165) is 103 Å². The van der Waals surface area contributed by atoms with Gasteiger partial charge in [-0.05, 0) is 116 Å². The minimum absolute atomic E-state index is 0.00686. The minimum Gasteiger partial charge on any atom is -0.462 e. The average molecular weight is 823 g/mol. The first-order valence-corrected chi connectivity index (χ1v) is 23.0. The molecule has 5 heteroatoms. The molecule has 0 aliphatic heterocycles. The average Bonchev–Trinajstić information content (AvgIpc) is 3.25. The van der Waals surface area contributed by atoms with E-state index in [1.807, 2.05) is 6.08 Å². The van der Waals surface area contributed by atoms with Gasteiger partial charge in [-0.3, -0.25) is 9.59 Å². The predicted octanol–water partition coefficient (Wildman–Crippen LogP) is 15.6. The molecule has 0 amide bonds. The lowest BCUT2D eigenvalue weighted by Crippen LogP contribution is -2.30. The first kappa shape index (κ1) is 55.5. The molecule has 0 spiro atoms. The molecule has 0 aromatic heterocycles. The van der Waals surface area contributed by atoms with E-state index in [9.17, 15) is 9.59 Å². The molecule has 0 radical (unpaired) electrons. The van der Waals surface area contributed by atoms with Crippen LogP contribution in [0.4, 0.5) is 0 Å². The largest absolute Gasteiger partial charge is 0.462 e. The number of carbonyl (C=O) groups is 2. The Bertz CT molecular complexity index is 1390. The van der Waals surface area contributed by atoms with E-state index in [1.54, 1.807) is 0 Å². The molecule has 332 valence electrons. The van der Waals surface area contributed by atoms with Gasteiger partial charge in [-0.1, -0.05) is 179 Å². The monoisotopic (exact) mass is 823 g/mol. The highest BCUT2D eigenvalue weighted by molar-refractivity contribution is 5.70.